The number of halogens is 1. The lowest BCUT2D eigenvalue weighted by molar-refractivity contribution is -0.0130. The number of hydrogen-bond donors (Lipinski definition) is 1. The molecular weight excluding hydrogens is 361 g/mol. The third-order valence-corrected chi connectivity index (χ3v) is 5.20. The summed E-state index contributed by atoms with van der Waals surface area (Å²) in [5, 5.41) is 0. The number of anilines is 1. The molecule has 2 fully saturated rings. The Morgan fingerprint density at radius 2 is 2.08 bits per heavy atom. The molecule has 0 saturated carbocycles. The topological polar surface area (TPSA) is 84.9 Å². The summed E-state index contributed by atoms with van der Waals surface area (Å²) in [6, 6.07) is 3.71. The Hall–Kier alpha value is -1.55. The number of carbonyl (C=O) groups is 1. The van der Waals surface area contributed by atoms with Crippen LogP contribution < -0.4 is 4.72 Å². The summed E-state index contributed by atoms with van der Waals surface area (Å²) in [5.41, 5.74) is 0.0426. The van der Waals surface area contributed by atoms with Crippen molar-refractivity contribution >= 4 is 22.9 Å². The zero-order valence-electron chi connectivity index (χ0n) is 14.5. The molecule has 2 atom stereocenters. The van der Waals surface area contributed by atoms with E-state index in [0.29, 0.717) is 13.1 Å². The molecule has 2 unspecified atom stereocenters. The van der Waals surface area contributed by atoms with Gasteiger partial charge in [-0.3, -0.25) is 13.9 Å². The number of ether oxygens (including phenoxy) is 1. The van der Waals surface area contributed by atoms with Gasteiger partial charge in [0.15, 0.2) is 0 Å². The summed E-state index contributed by atoms with van der Waals surface area (Å²) < 4.78 is 43.2. The van der Waals surface area contributed by atoms with E-state index < -0.39 is 17.1 Å². The highest BCUT2D eigenvalue weighted by Gasteiger charge is 2.26. The summed E-state index contributed by atoms with van der Waals surface area (Å²) in [5.74, 6) is -1.10. The molecule has 0 aliphatic carbocycles. The standard InChI is InChI=1S/C17H24FN3O4S/c18-16-11-13(19-26(23)24)4-5-15(16)17(22)21-8-6-20(7-9-21)12-14-3-1-2-10-25-14/h4-5,11,14,19H,1-3,6-10,12H2,(H,23,24)/p-1. The number of nitrogens with one attached hydrogen (secondary N) is 1. The van der Waals surface area contributed by atoms with Gasteiger partial charge in [-0.05, 0) is 37.5 Å². The van der Waals surface area contributed by atoms with Crippen LogP contribution in [-0.4, -0.2) is 69.9 Å². The van der Waals surface area contributed by atoms with Crippen LogP contribution in [0, 0.1) is 5.82 Å². The molecule has 0 radical (unpaired) electrons. The van der Waals surface area contributed by atoms with Crippen LogP contribution in [-0.2, 0) is 16.0 Å². The molecule has 2 heterocycles. The molecule has 1 N–H and O–H groups in total. The van der Waals surface area contributed by atoms with Crippen LogP contribution >= 0.6 is 0 Å². The first kappa shape index (κ1) is 19.2. The first-order chi connectivity index (χ1) is 12.5. The summed E-state index contributed by atoms with van der Waals surface area (Å²) in [6.45, 7) is 4.26. The Balaban J connectivity index is 1.53. The van der Waals surface area contributed by atoms with Gasteiger partial charge in [0.1, 0.15) is 5.82 Å². The monoisotopic (exact) mass is 384 g/mol. The van der Waals surface area contributed by atoms with Crippen molar-refractivity contribution in [3.63, 3.8) is 0 Å². The molecule has 0 spiro atoms. The second-order valence-electron chi connectivity index (χ2n) is 6.61. The van der Waals surface area contributed by atoms with E-state index in [1.54, 1.807) is 4.90 Å². The average Bonchev–Trinajstić information content (AvgIpc) is 2.62. The Morgan fingerprint density at radius 3 is 2.69 bits per heavy atom. The number of carbonyl (C=O) groups excluding carboxylic acids is 1. The predicted octanol–water partition coefficient (Wildman–Crippen LogP) is 1.36. The molecule has 26 heavy (non-hydrogen) atoms. The van der Waals surface area contributed by atoms with E-state index in [4.69, 9.17) is 4.74 Å². The molecule has 3 rings (SSSR count). The largest absolute Gasteiger partial charge is 0.755 e. The van der Waals surface area contributed by atoms with Crippen molar-refractivity contribution in [2.75, 3.05) is 44.1 Å². The fourth-order valence-corrected chi connectivity index (χ4v) is 3.71. The van der Waals surface area contributed by atoms with E-state index >= 15 is 0 Å². The third-order valence-electron chi connectivity index (χ3n) is 4.80. The van der Waals surface area contributed by atoms with Gasteiger partial charge in [-0.1, -0.05) is 0 Å². The van der Waals surface area contributed by atoms with E-state index in [-0.39, 0.29) is 23.3 Å². The highest BCUT2D eigenvalue weighted by atomic mass is 32.2. The zero-order chi connectivity index (χ0) is 18.5. The second-order valence-corrected chi connectivity index (χ2v) is 7.29. The minimum Gasteiger partial charge on any atom is -0.755 e. The maximum atomic E-state index is 14.2. The van der Waals surface area contributed by atoms with Gasteiger partial charge in [0.2, 0.25) is 0 Å². The van der Waals surface area contributed by atoms with E-state index in [0.717, 1.165) is 45.1 Å². The van der Waals surface area contributed by atoms with Gasteiger partial charge >= 0.3 is 0 Å². The molecule has 1 aromatic rings. The zero-order valence-corrected chi connectivity index (χ0v) is 15.3. The molecule has 0 bridgehead atoms. The van der Waals surface area contributed by atoms with Crippen LogP contribution in [0.1, 0.15) is 29.6 Å². The van der Waals surface area contributed by atoms with Crippen LogP contribution in [0.15, 0.2) is 18.2 Å². The van der Waals surface area contributed by atoms with E-state index in [9.17, 15) is 17.9 Å². The lowest BCUT2D eigenvalue weighted by Crippen LogP contribution is -2.51. The van der Waals surface area contributed by atoms with Crippen LogP contribution in [0.5, 0.6) is 0 Å². The van der Waals surface area contributed by atoms with Gasteiger partial charge in [0.05, 0.1) is 11.7 Å². The number of piperazine rings is 1. The highest BCUT2D eigenvalue weighted by molar-refractivity contribution is 7.80. The molecule has 0 aromatic heterocycles. The normalized spacial score (nSPS) is 22.8. The van der Waals surface area contributed by atoms with Gasteiger partial charge in [-0.15, -0.1) is 0 Å². The summed E-state index contributed by atoms with van der Waals surface area (Å²) in [4.78, 5) is 16.5. The van der Waals surface area contributed by atoms with Crippen molar-refractivity contribution in [3.05, 3.63) is 29.6 Å². The summed E-state index contributed by atoms with van der Waals surface area (Å²) in [6.07, 6.45) is 3.69. The molecule has 2 saturated heterocycles. The number of amides is 1. The number of benzene rings is 1. The van der Waals surface area contributed by atoms with Crippen LogP contribution in [0.3, 0.4) is 0 Å². The maximum Gasteiger partial charge on any atom is 0.256 e. The minimum absolute atomic E-state index is 0.0451. The summed E-state index contributed by atoms with van der Waals surface area (Å²) in [7, 11) is 0. The maximum absolute atomic E-state index is 14.2. The highest BCUT2D eigenvalue weighted by Crippen LogP contribution is 2.19. The van der Waals surface area contributed by atoms with Crippen molar-refractivity contribution in [2.24, 2.45) is 0 Å². The lowest BCUT2D eigenvalue weighted by atomic mass is 10.1. The van der Waals surface area contributed by atoms with E-state index in [2.05, 4.69) is 9.62 Å². The molecule has 1 amide bonds. The predicted molar refractivity (Wildman–Crippen MR) is 94.9 cm³/mol. The van der Waals surface area contributed by atoms with Gasteiger partial charge in [-0.25, -0.2) is 4.39 Å². The van der Waals surface area contributed by atoms with Crippen molar-refractivity contribution in [3.8, 4) is 0 Å². The quantitative estimate of drug-likeness (QED) is 0.775. The van der Waals surface area contributed by atoms with Crippen LogP contribution in [0.2, 0.25) is 0 Å². The molecule has 1 aromatic carbocycles. The van der Waals surface area contributed by atoms with Crippen molar-refractivity contribution < 1.29 is 22.7 Å². The Labute approximate surface area is 154 Å². The van der Waals surface area contributed by atoms with Gasteiger partial charge in [-0.2, -0.15) is 0 Å². The lowest BCUT2D eigenvalue weighted by Gasteiger charge is -2.37. The number of nitrogens with zero attached hydrogens (tertiary/aromatic N) is 2. The molecule has 7 nitrogen and oxygen atoms in total. The first-order valence-corrected chi connectivity index (χ1v) is 9.89. The molecule has 2 aliphatic heterocycles. The number of hydrogen-bond acceptors (Lipinski definition) is 5. The van der Waals surface area contributed by atoms with Gasteiger partial charge in [0, 0.05) is 56.3 Å². The first-order valence-electron chi connectivity index (χ1n) is 8.81. The van der Waals surface area contributed by atoms with Crippen LogP contribution in [0.25, 0.3) is 0 Å². The SMILES string of the molecule is O=C(c1ccc(NS(=O)[O-])cc1F)N1CCN(CC2CCCCO2)CC1. The second kappa shape index (κ2) is 8.90. The Bertz CT molecular complexity index is 661. The fraction of sp³-hybridized carbons (Fsp3) is 0.588. The van der Waals surface area contributed by atoms with E-state index in [1.807, 2.05) is 0 Å². The Kier molecular flexibility index (Phi) is 6.58. The van der Waals surface area contributed by atoms with Crippen molar-refractivity contribution in [1.82, 2.24) is 9.80 Å². The average molecular weight is 384 g/mol. The third kappa shape index (κ3) is 5.00. The minimum atomic E-state index is -2.53. The van der Waals surface area contributed by atoms with Gasteiger partial charge in [0.25, 0.3) is 5.91 Å². The smallest absolute Gasteiger partial charge is 0.256 e. The van der Waals surface area contributed by atoms with Crippen molar-refractivity contribution in [2.45, 2.75) is 25.4 Å². The van der Waals surface area contributed by atoms with E-state index in [1.165, 1.54) is 18.6 Å². The van der Waals surface area contributed by atoms with Gasteiger partial charge < -0.3 is 18.9 Å². The molecule has 2 aliphatic rings. The fourth-order valence-electron chi connectivity index (χ4n) is 3.39. The van der Waals surface area contributed by atoms with Crippen molar-refractivity contribution in [1.29, 1.82) is 0 Å². The Morgan fingerprint density at radius 1 is 1.31 bits per heavy atom. The molecule has 9 heteroatoms. The number of rotatable bonds is 5. The molecular formula is C17H23FN3O4S-. The summed E-state index contributed by atoms with van der Waals surface area (Å²) >= 11 is -2.53. The molecule has 144 valence electrons. The van der Waals surface area contributed by atoms with Crippen LogP contribution in [0.4, 0.5) is 10.1 Å².